The van der Waals surface area contributed by atoms with Gasteiger partial charge in [-0.05, 0) is 44.0 Å². The first-order valence-corrected chi connectivity index (χ1v) is 5.52. The van der Waals surface area contributed by atoms with Crippen LogP contribution in [0, 0.1) is 18.2 Å². The van der Waals surface area contributed by atoms with Gasteiger partial charge >= 0.3 is 0 Å². The third kappa shape index (κ3) is 5.84. The van der Waals surface area contributed by atoms with Crippen LogP contribution in [0.5, 0.6) is 0 Å². The minimum atomic E-state index is -0.445. The average molecular weight is 235 g/mol. The third-order valence-corrected chi connectivity index (χ3v) is 2.23. The van der Waals surface area contributed by atoms with Gasteiger partial charge in [-0.15, -0.1) is 12.3 Å². The minimum Gasteiger partial charge on any atom is -0.333 e. The molecule has 0 fully saturated rings. The molecule has 0 heterocycles. The second kappa shape index (κ2) is 9.56. The van der Waals surface area contributed by atoms with Crippen LogP contribution in [0.3, 0.4) is 0 Å². The Morgan fingerprint density at radius 3 is 2.65 bits per heavy atom. The van der Waals surface area contributed by atoms with E-state index >= 15 is 0 Å². The van der Waals surface area contributed by atoms with Crippen LogP contribution in [-0.4, -0.2) is 13.3 Å². The quantitative estimate of drug-likeness (QED) is 0.484. The van der Waals surface area contributed by atoms with Gasteiger partial charge in [-0.2, -0.15) is 0 Å². The molecule has 3 heteroatoms. The lowest BCUT2D eigenvalue weighted by Crippen LogP contribution is -1.91. The number of carbonyl (C=O) groups is 1. The molecule has 0 aliphatic carbocycles. The van der Waals surface area contributed by atoms with Gasteiger partial charge in [-0.3, -0.25) is 4.79 Å². The van der Waals surface area contributed by atoms with Crippen LogP contribution < -0.4 is 5.73 Å². The molecular weight excluding hydrogens is 217 g/mol. The van der Waals surface area contributed by atoms with Gasteiger partial charge < -0.3 is 5.73 Å². The Labute approximate surface area is 102 Å². The maximum Gasteiger partial charge on any atom is 0.152 e. The maximum absolute atomic E-state index is 13.2. The Bertz CT molecular complexity index is 382. The normalized spacial score (nSPS) is 8.82. The summed E-state index contributed by atoms with van der Waals surface area (Å²) < 4.78 is 13.2. The van der Waals surface area contributed by atoms with Gasteiger partial charge in [0.05, 0.1) is 5.56 Å². The molecule has 0 aliphatic heterocycles. The standard InChI is InChI=1S/C13H13FO.CH5N/c1-2-3-4-5-6-11-7-8-12(10-15)13(14)9-11;1-2/h1,7-10H,3-6H2;2H2,1H3. The number of halogens is 1. The zero-order chi connectivity index (χ0) is 13.1. The smallest absolute Gasteiger partial charge is 0.152 e. The second-order valence-corrected chi connectivity index (χ2v) is 3.38. The minimum absolute atomic E-state index is 0.113. The number of hydrogen-bond donors (Lipinski definition) is 1. The maximum atomic E-state index is 13.2. The summed E-state index contributed by atoms with van der Waals surface area (Å²) in [6.45, 7) is 0. The summed E-state index contributed by atoms with van der Waals surface area (Å²) in [6.07, 6.45) is 9.11. The molecule has 0 saturated carbocycles. The number of aldehydes is 1. The summed E-state index contributed by atoms with van der Waals surface area (Å²) in [7, 11) is 1.50. The van der Waals surface area contributed by atoms with Crippen molar-refractivity contribution in [1.29, 1.82) is 0 Å². The molecule has 0 spiro atoms. The van der Waals surface area contributed by atoms with Crippen molar-refractivity contribution < 1.29 is 9.18 Å². The van der Waals surface area contributed by atoms with Gasteiger partial charge in [0, 0.05) is 6.42 Å². The van der Waals surface area contributed by atoms with Crippen molar-refractivity contribution in [3.63, 3.8) is 0 Å². The fourth-order valence-electron chi connectivity index (χ4n) is 1.38. The Hall–Kier alpha value is -1.66. The first-order chi connectivity index (χ1) is 8.27. The van der Waals surface area contributed by atoms with Crippen LogP contribution in [-0.2, 0) is 6.42 Å². The number of terminal acetylenes is 1. The van der Waals surface area contributed by atoms with Crippen molar-refractivity contribution in [1.82, 2.24) is 0 Å². The van der Waals surface area contributed by atoms with Crippen LogP contribution in [0.4, 0.5) is 4.39 Å². The number of unbranched alkanes of at least 4 members (excludes halogenated alkanes) is 2. The van der Waals surface area contributed by atoms with Crippen LogP contribution in [0.15, 0.2) is 18.2 Å². The number of benzene rings is 1. The molecule has 0 bridgehead atoms. The van der Waals surface area contributed by atoms with Crippen molar-refractivity contribution in [2.24, 2.45) is 5.73 Å². The van der Waals surface area contributed by atoms with Crippen molar-refractivity contribution in [3.05, 3.63) is 35.1 Å². The molecule has 1 aromatic rings. The highest BCUT2D eigenvalue weighted by molar-refractivity contribution is 5.75. The zero-order valence-electron chi connectivity index (χ0n) is 10.1. The van der Waals surface area contributed by atoms with E-state index in [0.29, 0.717) is 6.29 Å². The van der Waals surface area contributed by atoms with E-state index in [4.69, 9.17) is 6.42 Å². The van der Waals surface area contributed by atoms with Crippen molar-refractivity contribution in [2.75, 3.05) is 7.05 Å². The van der Waals surface area contributed by atoms with E-state index < -0.39 is 5.82 Å². The monoisotopic (exact) mass is 235 g/mol. The predicted octanol–water partition coefficient (Wildman–Crippen LogP) is 2.56. The highest BCUT2D eigenvalue weighted by atomic mass is 19.1. The number of rotatable bonds is 5. The highest BCUT2D eigenvalue weighted by Gasteiger charge is 2.01. The fraction of sp³-hybridized carbons (Fsp3) is 0.357. The van der Waals surface area contributed by atoms with Gasteiger partial charge in [0.1, 0.15) is 5.82 Å². The van der Waals surface area contributed by atoms with E-state index in [2.05, 4.69) is 11.7 Å². The van der Waals surface area contributed by atoms with Crippen molar-refractivity contribution in [3.8, 4) is 12.3 Å². The molecule has 0 atom stereocenters. The molecule has 0 aromatic heterocycles. The summed E-state index contributed by atoms with van der Waals surface area (Å²) in [5.74, 6) is 2.12. The number of nitrogens with two attached hydrogens (primary N) is 1. The van der Waals surface area contributed by atoms with Gasteiger partial charge in [-0.25, -0.2) is 4.39 Å². The van der Waals surface area contributed by atoms with Crippen molar-refractivity contribution >= 4 is 6.29 Å². The van der Waals surface area contributed by atoms with Crippen LogP contribution in [0.1, 0.15) is 35.2 Å². The van der Waals surface area contributed by atoms with Gasteiger partial charge in [0.2, 0.25) is 0 Å². The summed E-state index contributed by atoms with van der Waals surface area (Å²) >= 11 is 0. The lowest BCUT2D eigenvalue weighted by molar-refractivity contribution is 0.112. The second-order valence-electron chi connectivity index (χ2n) is 3.38. The van der Waals surface area contributed by atoms with Crippen LogP contribution >= 0.6 is 0 Å². The summed E-state index contributed by atoms with van der Waals surface area (Å²) in [4.78, 5) is 10.4. The largest absolute Gasteiger partial charge is 0.333 e. The molecule has 0 aliphatic rings. The van der Waals surface area contributed by atoms with E-state index in [9.17, 15) is 9.18 Å². The Morgan fingerprint density at radius 1 is 1.41 bits per heavy atom. The highest BCUT2D eigenvalue weighted by Crippen LogP contribution is 2.11. The molecule has 0 saturated heterocycles. The first kappa shape index (κ1) is 15.3. The number of carbonyl (C=O) groups excluding carboxylic acids is 1. The van der Waals surface area contributed by atoms with Gasteiger partial charge in [-0.1, -0.05) is 6.07 Å². The lowest BCUT2D eigenvalue weighted by Gasteiger charge is -2.01. The lowest BCUT2D eigenvalue weighted by atomic mass is 10.1. The Kier molecular flexibility index (Phi) is 8.62. The van der Waals surface area contributed by atoms with E-state index in [1.165, 1.54) is 19.2 Å². The predicted molar refractivity (Wildman–Crippen MR) is 68.3 cm³/mol. The van der Waals surface area contributed by atoms with E-state index in [1.807, 2.05) is 0 Å². The third-order valence-electron chi connectivity index (χ3n) is 2.23. The molecule has 17 heavy (non-hydrogen) atoms. The Morgan fingerprint density at radius 2 is 2.12 bits per heavy atom. The number of aryl methyl sites for hydroxylation is 1. The molecule has 0 amide bonds. The van der Waals surface area contributed by atoms with Crippen molar-refractivity contribution in [2.45, 2.75) is 25.7 Å². The summed E-state index contributed by atoms with van der Waals surface area (Å²) in [6, 6.07) is 4.71. The molecule has 0 unspecified atom stereocenters. The van der Waals surface area contributed by atoms with Crippen LogP contribution in [0.25, 0.3) is 0 Å². The SMILES string of the molecule is C#CCCCCc1ccc(C=O)c(F)c1.CN. The molecule has 1 rings (SSSR count). The summed E-state index contributed by atoms with van der Waals surface area (Å²) in [5.41, 5.74) is 5.53. The molecule has 0 radical (unpaired) electrons. The topological polar surface area (TPSA) is 43.1 Å². The zero-order valence-corrected chi connectivity index (χ0v) is 10.1. The molecule has 2 N–H and O–H groups in total. The van der Waals surface area contributed by atoms with E-state index in [-0.39, 0.29) is 5.56 Å². The van der Waals surface area contributed by atoms with Gasteiger partial charge in [0.25, 0.3) is 0 Å². The summed E-state index contributed by atoms with van der Waals surface area (Å²) in [5, 5.41) is 0. The molecule has 92 valence electrons. The average Bonchev–Trinajstić information content (AvgIpc) is 2.37. The molecule has 1 aromatic carbocycles. The molecule has 2 nitrogen and oxygen atoms in total. The Balaban J connectivity index is 0.00000121. The fourth-order valence-corrected chi connectivity index (χ4v) is 1.38. The van der Waals surface area contributed by atoms with Gasteiger partial charge in [0.15, 0.2) is 6.29 Å². The van der Waals surface area contributed by atoms with Crippen LogP contribution in [0.2, 0.25) is 0 Å². The van der Waals surface area contributed by atoms with E-state index in [0.717, 1.165) is 31.2 Å². The number of hydrogen-bond acceptors (Lipinski definition) is 2. The first-order valence-electron chi connectivity index (χ1n) is 5.52. The molecular formula is C14H18FNO. The van der Waals surface area contributed by atoms with E-state index in [1.54, 1.807) is 6.07 Å².